The van der Waals surface area contributed by atoms with Gasteiger partial charge >= 0.3 is 5.69 Å². The van der Waals surface area contributed by atoms with Crippen molar-refractivity contribution in [1.29, 1.82) is 5.26 Å². The molecular weight excluding hydrogens is 258 g/mol. The Labute approximate surface area is 117 Å². The SMILES string of the molecule is C=C(CNC(C)C)COc1ccc(C#N)cc1[N+](=O)[O-]. The lowest BCUT2D eigenvalue weighted by Crippen LogP contribution is -2.26. The molecule has 0 bridgehead atoms. The minimum atomic E-state index is -0.564. The van der Waals surface area contributed by atoms with Crippen LogP contribution in [0.5, 0.6) is 5.75 Å². The van der Waals surface area contributed by atoms with E-state index in [0.29, 0.717) is 12.6 Å². The molecule has 0 fully saturated rings. The summed E-state index contributed by atoms with van der Waals surface area (Å²) >= 11 is 0. The van der Waals surface area contributed by atoms with Crippen molar-refractivity contribution in [3.05, 3.63) is 46.0 Å². The van der Waals surface area contributed by atoms with Crippen molar-refractivity contribution in [2.24, 2.45) is 0 Å². The predicted octanol–water partition coefficient (Wildman–Crippen LogP) is 2.40. The number of nitrogens with one attached hydrogen (secondary N) is 1. The van der Waals surface area contributed by atoms with Gasteiger partial charge in [0.25, 0.3) is 0 Å². The molecule has 0 amide bonds. The van der Waals surface area contributed by atoms with E-state index in [1.807, 2.05) is 19.9 Å². The summed E-state index contributed by atoms with van der Waals surface area (Å²) in [5, 5.41) is 22.9. The van der Waals surface area contributed by atoms with E-state index in [2.05, 4.69) is 11.9 Å². The van der Waals surface area contributed by atoms with Crippen LogP contribution in [0.1, 0.15) is 19.4 Å². The van der Waals surface area contributed by atoms with Crippen molar-refractivity contribution < 1.29 is 9.66 Å². The lowest BCUT2D eigenvalue weighted by Gasteiger charge is -2.12. The van der Waals surface area contributed by atoms with Crippen molar-refractivity contribution in [2.75, 3.05) is 13.2 Å². The monoisotopic (exact) mass is 275 g/mol. The highest BCUT2D eigenvalue weighted by Gasteiger charge is 2.16. The van der Waals surface area contributed by atoms with E-state index in [0.717, 1.165) is 5.57 Å². The topological polar surface area (TPSA) is 88.2 Å². The third-order valence-corrected chi connectivity index (χ3v) is 2.48. The molecule has 6 nitrogen and oxygen atoms in total. The highest BCUT2D eigenvalue weighted by Crippen LogP contribution is 2.27. The van der Waals surface area contributed by atoms with Crippen LogP contribution in [0, 0.1) is 21.4 Å². The fourth-order valence-electron chi connectivity index (χ4n) is 1.43. The highest BCUT2D eigenvalue weighted by atomic mass is 16.6. The fraction of sp³-hybridized carbons (Fsp3) is 0.357. The fourth-order valence-corrected chi connectivity index (χ4v) is 1.43. The van der Waals surface area contributed by atoms with Crippen LogP contribution in [-0.4, -0.2) is 24.1 Å². The second-order valence-electron chi connectivity index (χ2n) is 4.63. The number of nitro groups is 1. The number of nitrogens with zero attached hydrogens (tertiary/aromatic N) is 2. The molecule has 1 rings (SSSR count). The molecule has 0 aliphatic rings. The standard InChI is InChI=1S/C14H17N3O3/c1-10(2)16-8-11(3)9-20-14-5-4-12(7-15)6-13(14)17(18)19/h4-6,10,16H,3,8-9H2,1-2H3. The lowest BCUT2D eigenvalue weighted by atomic mass is 10.2. The van der Waals surface area contributed by atoms with Gasteiger partial charge in [-0.2, -0.15) is 5.26 Å². The highest BCUT2D eigenvalue weighted by molar-refractivity contribution is 5.51. The Bertz CT molecular complexity index is 547. The minimum absolute atomic E-state index is 0.139. The van der Waals surface area contributed by atoms with Gasteiger partial charge in [-0.25, -0.2) is 0 Å². The average Bonchev–Trinajstić information content (AvgIpc) is 2.42. The molecule has 0 unspecified atom stereocenters. The Hall–Kier alpha value is -2.39. The summed E-state index contributed by atoms with van der Waals surface area (Å²) in [6.45, 7) is 8.64. The van der Waals surface area contributed by atoms with Crippen LogP contribution < -0.4 is 10.1 Å². The molecule has 0 aliphatic heterocycles. The van der Waals surface area contributed by atoms with Gasteiger partial charge in [-0.1, -0.05) is 20.4 Å². The Kier molecular flexibility index (Phi) is 5.69. The minimum Gasteiger partial charge on any atom is -0.482 e. The average molecular weight is 275 g/mol. The van der Waals surface area contributed by atoms with Crippen molar-refractivity contribution in [1.82, 2.24) is 5.32 Å². The normalized spacial score (nSPS) is 10.1. The van der Waals surface area contributed by atoms with Crippen LogP contribution in [0.25, 0.3) is 0 Å². The zero-order valence-electron chi connectivity index (χ0n) is 11.5. The van der Waals surface area contributed by atoms with Gasteiger partial charge in [-0.3, -0.25) is 10.1 Å². The Morgan fingerprint density at radius 1 is 1.60 bits per heavy atom. The number of benzene rings is 1. The van der Waals surface area contributed by atoms with Gasteiger partial charge in [0.15, 0.2) is 5.75 Å². The molecule has 6 heteroatoms. The quantitative estimate of drug-likeness (QED) is 0.469. The molecule has 0 heterocycles. The van der Waals surface area contributed by atoms with E-state index < -0.39 is 4.92 Å². The second-order valence-corrected chi connectivity index (χ2v) is 4.63. The van der Waals surface area contributed by atoms with Gasteiger partial charge in [0.05, 0.1) is 16.6 Å². The molecule has 1 aromatic carbocycles. The molecule has 1 aromatic rings. The Morgan fingerprint density at radius 2 is 2.30 bits per heavy atom. The van der Waals surface area contributed by atoms with Crippen LogP contribution in [0.3, 0.4) is 0 Å². The molecule has 20 heavy (non-hydrogen) atoms. The van der Waals surface area contributed by atoms with Crippen molar-refractivity contribution in [3.63, 3.8) is 0 Å². The molecule has 0 aliphatic carbocycles. The molecular formula is C14H17N3O3. The summed E-state index contributed by atoms with van der Waals surface area (Å²) in [5.74, 6) is 0.139. The van der Waals surface area contributed by atoms with Gasteiger partial charge in [-0.05, 0) is 17.7 Å². The predicted molar refractivity (Wildman–Crippen MR) is 75.6 cm³/mol. The summed E-state index contributed by atoms with van der Waals surface area (Å²) in [6, 6.07) is 6.30. The molecule has 0 atom stereocenters. The van der Waals surface area contributed by atoms with E-state index in [1.165, 1.54) is 18.2 Å². The second kappa shape index (κ2) is 7.26. The van der Waals surface area contributed by atoms with Gasteiger partial charge in [-0.15, -0.1) is 0 Å². The van der Waals surface area contributed by atoms with Crippen LogP contribution in [0.15, 0.2) is 30.4 Å². The van der Waals surface area contributed by atoms with Gasteiger partial charge in [0.2, 0.25) is 0 Å². The maximum absolute atomic E-state index is 10.9. The largest absolute Gasteiger partial charge is 0.482 e. The Balaban J connectivity index is 2.71. The van der Waals surface area contributed by atoms with Crippen molar-refractivity contribution in [3.8, 4) is 11.8 Å². The first kappa shape index (κ1) is 15.7. The summed E-state index contributed by atoms with van der Waals surface area (Å²) in [4.78, 5) is 10.4. The summed E-state index contributed by atoms with van der Waals surface area (Å²) in [6.07, 6.45) is 0. The number of hydrogen-bond donors (Lipinski definition) is 1. The molecule has 0 saturated carbocycles. The number of rotatable bonds is 7. The van der Waals surface area contributed by atoms with Gasteiger partial charge in [0.1, 0.15) is 6.61 Å². The Morgan fingerprint density at radius 3 is 2.85 bits per heavy atom. The number of ether oxygens (including phenoxy) is 1. The zero-order valence-corrected chi connectivity index (χ0v) is 11.5. The summed E-state index contributed by atoms with van der Waals surface area (Å²) < 4.78 is 5.40. The van der Waals surface area contributed by atoms with Crippen LogP contribution in [-0.2, 0) is 0 Å². The van der Waals surface area contributed by atoms with Gasteiger partial charge < -0.3 is 10.1 Å². The number of hydrogen-bond acceptors (Lipinski definition) is 5. The molecule has 0 aromatic heterocycles. The summed E-state index contributed by atoms with van der Waals surface area (Å²) in [7, 11) is 0. The molecule has 0 radical (unpaired) electrons. The van der Waals surface area contributed by atoms with E-state index in [-0.39, 0.29) is 23.6 Å². The van der Waals surface area contributed by atoms with E-state index in [4.69, 9.17) is 10.00 Å². The van der Waals surface area contributed by atoms with Crippen molar-refractivity contribution in [2.45, 2.75) is 19.9 Å². The first-order valence-corrected chi connectivity index (χ1v) is 6.15. The van der Waals surface area contributed by atoms with Crippen molar-refractivity contribution >= 4 is 5.69 Å². The lowest BCUT2D eigenvalue weighted by molar-refractivity contribution is -0.385. The maximum atomic E-state index is 10.9. The molecule has 0 saturated heterocycles. The van der Waals surface area contributed by atoms with E-state index >= 15 is 0 Å². The van der Waals surface area contributed by atoms with Crippen LogP contribution in [0.4, 0.5) is 5.69 Å². The first-order chi connectivity index (χ1) is 9.43. The molecule has 106 valence electrons. The maximum Gasteiger partial charge on any atom is 0.312 e. The first-order valence-electron chi connectivity index (χ1n) is 6.15. The molecule has 0 spiro atoms. The van der Waals surface area contributed by atoms with E-state index in [1.54, 1.807) is 0 Å². The summed E-state index contributed by atoms with van der Waals surface area (Å²) in [5.41, 5.74) is 0.801. The van der Waals surface area contributed by atoms with Crippen LogP contribution >= 0.6 is 0 Å². The van der Waals surface area contributed by atoms with E-state index in [9.17, 15) is 10.1 Å². The van der Waals surface area contributed by atoms with Gasteiger partial charge in [0, 0.05) is 18.7 Å². The smallest absolute Gasteiger partial charge is 0.312 e. The third-order valence-electron chi connectivity index (χ3n) is 2.48. The number of nitriles is 1. The zero-order chi connectivity index (χ0) is 15.1. The molecule has 1 N–H and O–H groups in total. The third kappa shape index (κ3) is 4.71. The number of nitro benzene ring substituents is 1. The van der Waals surface area contributed by atoms with Crippen LogP contribution in [0.2, 0.25) is 0 Å².